The van der Waals surface area contributed by atoms with Gasteiger partial charge in [-0.25, -0.2) is 4.79 Å². The largest absolute Gasteiger partial charge is 0.480 e. The van der Waals surface area contributed by atoms with E-state index in [2.05, 4.69) is 0 Å². The third-order valence-electron chi connectivity index (χ3n) is 3.09. The Morgan fingerprint density at radius 2 is 1.78 bits per heavy atom. The highest BCUT2D eigenvalue weighted by atomic mass is 16.4. The third-order valence-corrected chi connectivity index (χ3v) is 3.09. The van der Waals surface area contributed by atoms with E-state index in [9.17, 15) is 14.7 Å². The van der Waals surface area contributed by atoms with Gasteiger partial charge in [-0.05, 0) is 19.4 Å². The van der Waals surface area contributed by atoms with Crippen LogP contribution >= 0.6 is 0 Å². The summed E-state index contributed by atoms with van der Waals surface area (Å²) in [5.41, 5.74) is 0.914. The molecule has 0 spiro atoms. The van der Waals surface area contributed by atoms with Gasteiger partial charge in [0.25, 0.3) is 0 Å². The molecule has 0 radical (unpaired) electrons. The summed E-state index contributed by atoms with van der Waals surface area (Å²) < 4.78 is 0. The van der Waals surface area contributed by atoms with Crippen molar-refractivity contribution in [3.63, 3.8) is 0 Å². The van der Waals surface area contributed by atoms with Crippen molar-refractivity contribution in [3.05, 3.63) is 35.9 Å². The normalized spacial score (nSPS) is 14.0. The van der Waals surface area contributed by atoms with E-state index in [4.69, 9.17) is 0 Å². The summed E-state index contributed by atoms with van der Waals surface area (Å²) in [5.74, 6) is -1.23. The first kappa shape index (κ1) is 14.2. The molecule has 1 aromatic carbocycles. The summed E-state index contributed by atoms with van der Waals surface area (Å²) in [5, 5.41) is 9.35. The molecule has 18 heavy (non-hydrogen) atoms. The molecule has 0 saturated heterocycles. The molecule has 1 amide bonds. The number of nitrogens with zero attached hydrogens (tertiary/aromatic N) is 1. The first-order valence-electron chi connectivity index (χ1n) is 5.99. The van der Waals surface area contributed by atoms with E-state index in [1.165, 1.54) is 4.90 Å². The second-order valence-electron chi connectivity index (χ2n) is 4.63. The number of carbonyl (C=O) groups is 2. The molecule has 4 nitrogen and oxygen atoms in total. The fraction of sp³-hybridized carbons (Fsp3) is 0.429. The maximum absolute atomic E-state index is 11.4. The fourth-order valence-corrected chi connectivity index (χ4v) is 2.05. The molecule has 2 atom stereocenters. The van der Waals surface area contributed by atoms with Gasteiger partial charge in [0.1, 0.15) is 6.04 Å². The van der Waals surface area contributed by atoms with Crippen LogP contribution in [0, 0.1) is 0 Å². The van der Waals surface area contributed by atoms with Gasteiger partial charge in [0.2, 0.25) is 6.41 Å². The summed E-state index contributed by atoms with van der Waals surface area (Å²) in [4.78, 5) is 23.9. The maximum Gasteiger partial charge on any atom is 0.327 e. The summed E-state index contributed by atoms with van der Waals surface area (Å²) in [7, 11) is 0. The van der Waals surface area contributed by atoms with Crippen molar-refractivity contribution in [2.45, 2.75) is 38.8 Å². The fourth-order valence-electron chi connectivity index (χ4n) is 2.05. The van der Waals surface area contributed by atoms with Gasteiger partial charge in [0, 0.05) is 12.0 Å². The van der Waals surface area contributed by atoms with E-state index < -0.39 is 12.0 Å². The Balaban J connectivity index is 3.05. The third kappa shape index (κ3) is 3.09. The molecule has 0 heterocycles. The van der Waals surface area contributed by atoms with Crippen molar-refractivity contribution in [2.75, 3.05) is 0 Å². The Labute approximate surface area is 107 Å². The molecule has 0 fully saturated rings. The first-order chi connectivity index (χ1) is 8.49. The number of rotatable bonds is 6. The van der Waals surface area contributed by atoms with E-state index in [1.807, 2.05) is 51.1 Å². The van der Waals surface area contributed by atoms with Gasteiger partial charge in [-0.1, -0.05) is 37.3 Å². The smallest absolute Gasteiger partial charge is 0.327 e. The number of hydrogen-bond acceptors (Lipinski definition) is 2. The highest BCUT2D eigenvalue weighted by Gasteiger charge is 2.32. The zero-order valence-electron chi connectivity index (χ0n) is 10.9. The van der Waals surface area contributed by atoms with Crippen LogP contribution in [0.1, 0.15) is 32.3 Å². The average Bonchev–Trinajstić information content (AvgIpc) is 2.35. The highest BCUT2D eigenvalue weighted by Crippen LogP contribution is 2.24. The Bertz CT molecular complexity index is 403. The predicted molar refractivity (Wildman–Crippen MR) is 69.3 cm³/mol. The summed E-state index contributed by atoms with van der Waals surface area (Å²) >= 11 is 0. The summed E-state index contributed by atoms with van der Waals surface area (Å²) in [6.45, 7) is 5.44. The maximum atomic E-state index is 11.4. The quantitative estimate of drug-likeness (QED) is 0.785. The van der Waals surface area contributed by atoms with Crippen LogP contribution in [0.2, 0.25) is 0 Å². The lowest BCUT2D eigenvalue weighted by atomic mass is 9.92. The highest BCUT2D eigenvalue weighted by molar-refractivity contribution is 5.77. The molecule has 0 bridgehead atoms. The SMILES string of the molecule is CC(c1ccccc1)C(C(=O)O)N(C=O)C(C)C. The van der Waals surface area contributed by atoms with Crippen LogP contribution in [-0.4, -0.2) is 34.5 Å². The molecule has 0 aliphatic heterocycles. The minimum atomic E-state index is -0.979. The van der Waals surface area contributed by atoms with Gasteiger partial charge in [0.15, 0.2) is 0 Å². The lowest BCUT2D eigenvalue weighted by molar-refractivity contribution is -0.148. The van der Waals surface area contributed by atoms with Crippen LogP contribution in [-0.2, 0) is 9.59 Å². The lowest BCUT2D eigenvalue weighted by Crippen LogP contribution is -2.47. The van der Waals surface area contributed by atoms with Crippen LogP contribution in [0.25, 0.3) is 0 Å². The number of aliphatic carboxylic acids is 1. The van der Waals surface area contributed by atoms with Crippen molar-refractivity contribution in [1.29, 1.82) is 0 Å². The monoisotopic (exact) mass is 249 g/mol. The Kier molecular flexibility index (Phi) is 4.89. The lowest BCUT2D eigenvalue weighted by Gasteiger charge is -2.32. The minimum Gasteiger partial charge on any atom is -0.480 e. The average molecular weight is 249 g/mol. The molecular formula is C14H19NO3. The van der Waals surface area contributed by atoms with Gasteiger partial charge in [0.05, 0.1) is 0 Å². The topological polar surface area (TPSA) is 57.6 Å². The van der Waals surface area contributed by atoms with Gasteiger partial charge in [-0.2, -0.15) is 0 Å². The van der Waals surface area contributed by atoms with Gasteiger partial charge < -0.3 is 10.0 Å². The zero-order chi connectivity index (χ0) is 13.7. The van der Waals surface area contributed by atoms with Crippen LogP contribution in [0.4, 0.5) is 0 Å². The molecule has 1 aromatic rings. The molecule has 4 heteroatoms. The standard InChI is InChI=1S/C14H19NO3/c1-10(2)15(9-16)13(14(17)18)11(3)12-7-5-4-6-8-12/h4-11,13H,1-3H3,(H,17,18). The second kappa shape index (κ2) is 6.19. The van der Waals surface area contributed by atoms with E-state index in [1.54, 1.807) is 0 Å². The van der Waals surface area contributed by atoms with Crippen molar-refractivity contribution in [1.82, 2.24) is 4.90 Å². The van der Waals surface area contributed by atoms with Crippen molar-refractivity contribution < 1.29 is 14.7 Å². The van der Waals surface area contributed by atoms with Crippen molar-refractivity contribution in [3.8, 4) is 0 Å². The van der Waals surface area contributed by atoms with Crippen LogP contribution in [0.3, 0.4) is 0 Å². The van der Waals surface area contributed by atoms with Crippen molar-refractivity contribution >= 4 is 12.4 Å². The first-order valence-corrected chi connectivity index (χ1v) is 5.99. The number of amides is 1. The zero-order valence-corrected chi connectivity index (χ0v) is 10.9. The van der Waals surface area contributed by atoms with Crippen LogP contribution in [0.15, 0.2) is 30.3 Å². The van der Waals surface area contributed by atoms with Gasteiger partial charge >= 0.3 is 5.97 Å². The Hall–Kier alpha value is -1.84. The van der Waals surface area contributed by atoms with Crippen LogP contribution in [0.5, 0.6) is 0 Å². The second-order valence-corrected chi connectivity index (χ2v) is 4.63. The molecule has 0 saturated carbocycles. The molecule has 1 N–H and O–H groups in total. The molecule has 0 aliphatic rings. The molecule has 0 aromatic heterocycles. The summed E-state index contributed by atoms with van der Waals surface area (Å²) in [6, 6.07) is 8.39. The molecular weight excluding hydrogens is 230 g/mol. The van der Waals surface area contributed by atoms with Gasteiger partial charge in [-0.3, -0.25) is 4.79 Å². The van der Waals surface area contributed by atoms with E-state index in [-0.39, 0.29) is 12.0 Å². The number of carboxylic acid groups (broad SMARTS) is 1. The van der Waals surface area contributed by atoms with E-state index in [0.29, 0.717) is 6.41 Å². The van der Waals surface area contributed by atoms with Crippen LogP contribution < -0.4 is 0 Å². The minimum absolute atomic E-state index is 0.144. The van der Waals surface area contributed by atoms with E-state index in [0.717, 1.165) is 5.56 Å². The molecule has 0 aliphatic carbocycles. The number of benzene rings is 1. The summed E-state index contributed by atoms with van der Waals surface area (Å²) in [6.07, 6.45) is 0.614. The number of carboxylic acids is 1. The Morgan fingerprint density at radius 1 is 1.22 bits per heavy atom. The molecule has 98 valence electrons. The van der Waals surface area contributed by atoms with E-state index >= 15 is 0 Å². The molecule has 2 unspecified atom stereocenters. The van der Waals surface area contributed by atoms with Crippen molar-refractivity contribution in [2.24, 2.45) is 0 Å². The molecule has 1 rings (SSSR count). The Morgan fingerprint density at radius 3 is 2.17 bits per heavy atom. The number of hydrogen-bond donors (Lipinski definition) is 1. The van der Waals surface area contributed by atoms with Gasteiger partial charge in [-0.15, -0.1) is 0 Å². The number of carbonyl (C=O) groups excluding carboxylic acids is 1. The predicted octanol–water partition coefficient (Wildman–Crippen LogP) is 2.11.